The molecule has 0 radical (unpaired) electrons. The van der Waals surface area contributed by atoms with Gasteiger partial charge in [-0.1, -0.05) is 60.7 Å². The summed E-state index contributed by atoms with van der Waals surface area (Å²) in [4.78, 5) is 74.8. The number of hydrogen-bond acceptors (Lipinski definition) is 12. The topological polar surface area (TPSA) is 186 Å². The molecule has 0 amide bonds. The number of ether oxygens (including phenoxy) is 4. The molecule has 0 unspecified atom stereocenters. The summed E-state index contributed by atoms with van der Waals surface area (Å²) in [5.74, 6) is -2.47. The van der Waals surface area contributed by atoms with Crippen molar-refractivity contribution in [2.45, 2.75) is 116 Å². The lowest BCUT2D eigenvalue weighted by molar-refractivity contribution is -0.152. The third-order valence-corrected chi connectivity index (χ3v) is 11.5. The summed E-state index contributed by atoms with van der Waals surface area (Å²) in [6.45, 7) is 4.68. The van der Waals surface area contributed by atoms with Crippen LogP contribution in [0.3, 0.4) is 0 Å². The van der Waals surface area contributed by atoms with Crippen LogP contribution in [0.15, 0.2) is 60.7 Å². The molecule has 0 aromatic heterocycles. The summed E-state index contributed by atoms with van der Waals surface area (Å²) in [6.07, 6.45) is 9.05. The van der Waals surface area contributed by atoms with Crippen molar-refractivity contribution in [2.75, 3.05) is 53.5 Å². The fourth-order valence-electron chi connectivity index (χ4n) is 7.52. The van der Waals surface area contributed by atoms with Crippen LogP contribution in [0.4, 0.5) is 0 Å². The van der Waals surface area contributed by atoms with Crippen LogP contribution in [0.1, 0.15) is 114 Å². The van der Waals surface area contributed by atoms with Crippen LogP contribution in [0.5, 0.6) is 0 Å². The summed E-state index contributed by atoms with van der Waals surface area (Å²) in [5, 5.41) is 17.4. The number of nitrogens with zero attached hydrogens (tertiary/aromatic N) is 2. The van der Waals surface area contributed by atoms with E-state index in [0.717, 1.165) is 75.8 Å². The fourth-order valence-corrected chi connectivity index (χ4v) is 7.52. The van der Waals surface area contributed by atoms with Gasteiger partial charge >= 0.3 is 35.8 Å². The summed E-state index contributed by atoms with van der Waals surface area (Å²) in [7, 11) is 4.09. The van der Waals surface area contributed by atoms with Crippen LogP contribution in [-0.4, -0.2) is 109 Å². The minimum absolute atomic E-state index is 0.0268. The molecule has 0 bridgehead atoms. The zero-order chi connectivity index (χ0) is 45.0. The van der Waals surface area contributed by atoms with Crippen molar-refractivity contribution in [1.82, 2.24) is 9.80 Å². The average molecular weight is 867 g/mol. The quantitative estimate of drug-likeness (QED) is 0.0708. The van der Waals surface area contributed by atoms with Gasteiger partial charge in [-0.25, -0.2) is 0 Å². The Morgan fingerprint density at radius 2 is 0.839 bits per heavy atom. The maximum Gasteiger partial charge on any atom is 0.309 e. The molecule has 4 rings (SSSR count). The van der Waals surface area contributed by atoms with Crippen LogP contribution in [0.25, 0.3) is 0 Å². The maximum absolute atomic E-state index is 12.6. The molecular weight excluding hydrogens is 797 g/mol. The first-order valence-electron chi connectivity index (χ1n) is 22.4. The Hall–Kier alpha value is -4.82. The second kappa shape index (κ2) is 30.3. The molecule has 14 heteroatoms. The number of esters is 4. The molecule has 2 aliphatic heterocycles. The second-order valence-electron chi connectivity index (χ2n) is 16.8. The van der Waals surface area contributed by atoms with Crippen LogP contribution in [0, 0.1) is 23.7 Å². The second-order valence-corrected chi connectivity index (χ2v) is 16.8. The Morgan fingerprint density at radius 3 is 1.16 bits per heavy atom. The van der Waals surface area contributed by atoms with E-state index in [1.807, 2.05) is 67.7 Å². The fraction of sp³-hybridized carbons (Fsp3) is 0.625. The lowest BCUT2D eigenvalue weighted by Gasteiger charge is -2.28. The van der Waals surface area contributed by atoms with Crippen molar-refractivity contribution in [3.63, 3.8) is 0 Å². The van der Waals surface area contributed by atoms with E-state index in [9.17, 15) is 28.8 Å². The molecule has 0 aliphatic carbocycles. The first-order chi connectivity index (χ1) is 29.9. The molecule has 0 atom stereocenters. The molecule has 2 fully saturated rings. The summed E-state index contributed by atoms with van der Waals surface area (Å²) >= 11 is 0. The molecule has 344 valence electrons. The van der Waals surface area contributed by atoms with Crippen molar-refractivity contribution in [2.24, 2.45) is 23.7 Å². The van der Waals surface area contributed by atoms with Crippen LogP contribution >= 0.6 is 0 Å². The number of hydrogen-bond donors (Lipinski definition) is 2. The van der Waals surface area contributed by atoms with E-state index >= 15 is 0 Å². The third kappa shape index (κ3) is 23.4. The number of carbonyl (C=O) groups is 6. The van der Waals surface area contributed by atoms with Gasteiger partial charge in [-0.05, 0) is 140 Å². The molecule has 2 aromatic carbocycles. The van der Waals surface area contributed by atoms with E-state index in [-0.39, 0.29) is 80.2 Å². The molecular formula is C48H70N2O12. The number of benzene rings is 2. The molecule has 14 nitrogen and oxygen atoms in total. The molecule has 2 aromatic rings. The first-order valence-corrected chi connectivity index (χ1v) is 22.4. The number of carboxylic acid groups (broad SMARTS) is 2. The molecule has 2 heterocycles. The van der Waals surface area contributed by atoms with Crippen molar-refractivity contribution < 1.29 is 57.9 Å². The van der Waals surface area contributed by atoms with Gasteiger partial charge in [0.15, 0.2) is 0 Å². The number of carboxylic acids is 2. The van der Waals surface area contributed by atoms with Gasteiger partial charge in [0.2, 0.25) is 0 Å². The van der Waals surface area contributed by atoms with Gasteiger partial charge in [0, 0.05) is 25.7 Å². The number of aliphatic carboxylic acids is 2. The van der Waals surface area contributed by atoms with Gasteiger partial charge in [-0.2, -0.15) is 0 Å². The van der Waals surface area contributed by atoms with Gasteiger partial charge in [0.25, 0.3) is 0 Å². The molecule has 0 spiro atoms. The van der Waals surface area contributed by atoms with Crippen LogP contribution in [-0.2, 0) is 60.9 Å². The zero-order valence-corrected chi connectivity index (χ0v) is 36.9. The van der Waals surface area contributed by atoms with Crippen molar-refractivity contribution in [3.05, 3.63) is 71.8 Å². The smallest absolute Gasteiger partial charge is 0.309 e. The zero-order valence-electron chi connectivity index (χ0n) is 36.9. The van der Waals surface area contributed by atoms with Crippen molar-refractivity contribution in [3.8, 4) is 0 Å². The Morgan fingerprint density at radius 1 is 0.516 bits per heavy atom. The van der Waals surface area contributed by atoms with E-state index < -0.39 is 11.9 Å². The predicted octanol–water partition coefficient (Wildman–Crippen LogP) is 7.31. The van der Waals surface area contributed by atoms with E-state index in [1.54, 1.807) is 0 Å². The SMILES string of the molecule is CN1CCC(C(=O)OCC(CCCC(=O)O)CCCC(=O)O)CC1.CN1CCC(C(=O)OCC(CCCC(=O)OCc2ccccc2)CCCC(=O)OCc2ccccc2)CC1. The molecule has 2 aliphatic rings. The summed E-state index contributed by atoms with van der Waals surface area (Å²) in [5.41, 5.74) is 1.91. The summed E-state index contributed by atoms with van der Waals surface area (Å²) in [6, 6.07) is 19.2. The minimum Gasteiger partial charge on any atom is -0.481 e. The maximum atomic E-state index is 12.6. The number of carbonyl (C=O) groups excluding carboxylic acids is 4. The Balaban J connectivity index is 0.000000368. The van der Waals surface area contributed by atoms with Gasteiger partial charge in [0.1, 0.15) is 13.2 Å². The van der Waals surface area contributed by atoms with Crippen LogP contribution < -0.4 is 0 Å². The highest BCUT2D eigenvalue weighted by Crippen LogP contribution is 2.23. The minimum atomic E-state index is -0.845. The number of piperidine rings is 2. The number of likely N-dealkylation sites (tertiary alicyclic amines) is 2. The lowest BCUT2D eigenvalue weighted by Crippen LogP contribution is -2.34. The van der Waals surface area contributed by atoms with Gasteiger partial charge in [0.05, 0.1) is 25.0 Å². The Kier molecular flexibility index (Phi) is 25.2. The van der Waals surface area contributed by atoms with E-state index in [0.29, 0.717) is 58.0 Å². The molecule has 2 N–H and O–H groups in total. The van der Waals surface area contributed by atoms with Crippen molar-refractivity contribution in [1.29, 1.82) is 0 Å². The first kappa shape index (κ1) is 51.5. The predicted molar refractivity (Wildman–Crippen MR) is 232 cm³/mol. The largest absolute Gasteiger partial charge is 0.481 e. The molecule has 62 heavy (non-hydrogen) atoms. The summed E-state index contributed by atoms with van der Waals surface area (Å²) < 4.78 is 21.9. The van der Waals surface area contributed by atoms with E-state index in [4.69, 9.17) is 29.2 Å². The molecule has 2 saturated heterocycles. The lowest BCUT2D eigenvalue weighted by atomic mass is 9.95. The standard InChI is InChI=1S/C31H41NO6.C17H29NO6/c1-32-20-18-28(19-21-32)31(35)38-24-27(14-8-16-29(33)36-22-25-10-4-2-5-11-25)15-9-17-30(34)37-23-26-12-6-3-7-13-26;1-18-10-8-14(9-11-18)17(23)24-12-13(4-2-6-15(19)20)5-3-7-16(21)22/h2-7,10-13,27-28H,8-9,14-24H2,1H3;13-14H,2-12H2,1H3,(H,19,20)(H,21,22). The van der Waals surface area contributed by atoms with Gasteiger partial charge in [-0.15, -0.1) is 0 Å². The van der Waals surface area contributed by atoms with E-state index in [2.05, 4.69) is 16.8 Å². The van der Waals surface area contributed by atoms with E-state index in [1.165, 1.54) is 0 Å². The molecule has 0 saturated carbocycles. The third-order valence-electron chi connectivity index (χ3n) is 11.5. The monoisotopic (exact) mass is 866 g/mol. The van der Waals surface area contributed by atoms with Crippen LogP contribution in [0.2, 0.25) is 0 Å². The highest BCUT2D eigenvalue weighted by atomic mass is 16.5. The Labute approximate surface area is 367 Å². The van der Waals surface area contributed by atoms with Crippen molar-refractivity contribution >= 4 is 35.8 Å². The number of rotatable bonds is 26. The highest BCUT2D eigenvalue weighted by molar-refractivity contribution is 5.73. The van der Waals surface area contributed by atoms with Gasteiger partial charge < -0.3 is 39.0 Å². The Bertz CT molecular complexity index is 1530. The normalized spacial score (nSPS) is 15.0. The average Bonchev–Trinajstić information content (AvgIpc) is 3.26. The highest BCUT2D eigenvalue weighted by Gasteiger charge is 2.27. The van der Waals surface area contributed by atoms with Gasteiger partial charge in [-0.3, -0.25) is 28.8 Å².